The van der Waals surface area contributed by atoms with E-state index in [1.807, 2.05) is 0 Å². The third-order valence-corrected chi connectivity index (χ3v) is 3.71. The molecule has 0 spiro atoms. The maximum Gasteiger partial charge on any atom is 0.255 e. The lowest BCUT2D eigenvalue weighted by Gasteiger charge is -2.18. The zero-order valence-electron chi connectivity index (χ0n) is 11.8. The molecule has 2 atom stereocenters. The summed E-state index contributed by atoms with van der Waals surface area (Å²) in [5.74, 6) is 4.41. The fourth-order valence-corrected chi connectivity index (χ4v) is 2.48. The van der Waals surface area contributed by atoms with Crippen molar-refractivity contribution in [3.8, 4) is 11.8 Å². The monoisotopic (exact) mass is 291 g/mol. The van der Waals surface area contributed by atoms with Gasteiger partial charge in [0.15, 0.2) is 0 Å². The molecule has 0 radical (unpaired) electrons. The molecular formula is C16H18FNO3. The fourth-order valence-electron chi connectivity index (χ4n) is 2.48. The van der Waals surface area contributed by atoms with Crippen LogP contribution in [0.25, 0.3) is 0 Å². The van der Waals surface area contributed by atoms with Crippen molar-refractivity contribution in [3.63, 3.8) is 0 Å². The van der Waals surface area contributed by atoms with Crippen LogP contribution in [-0.4, -0.2) is 46.8 Å². The van der Waals surface area contributed by atoms with Gasteiger partial charge in [-0.2, -0.15) is 0 Å². The second kappa shape index (κ2) is 6.70. The first-order chi connectivity index (χ1) is 10.0. The smallest absolute Gasteiger partial charge is 0.255 e. The highest BCUT2D eigenvalue weighted by atomic mass is 19.1. The molecule has 1 aromatic carbocycles. The standard InChI is InChI=1S/C16H18FNO3/c1-11(20)13-6-7-18(10-13)16(21)15-5-4-14(17)9-12(15)3-2-8-19/h4-5,9,11,13,19-20H,6-8,10H2,1H3. The van der Waals surface area contributed by atoms with Gasteiger partial charge in [-0.1, -0.05) is 11.8 Å². The molecule has 2 unspecified atom stereocenters. The van der Waals surface area contributed by atoms with Gasteiger partial charge in [-0.25, -0.2) is 4.39 Å². The summed E-state index contributed by atoms with van der Waals surface area (Å²) in [6.07, 6.45) is 0.298. The second-order valence-electron chi connectivity index (χ2n) is 5.19. The van der Waals surface area contributed by atoms with Crippen molar-refractivity contribution in [2.45, 2.75) is 19.4 Å². The molecule has 5 heteroatoms. The van der Waals surface area contributed by atoms with Crippen LogP contribution in [-0.2, 0) is 0 Å². The molecule has 1 aliphatic heterocycles. The molecule has 0 saturated carbocycles. The number of aliphatic hydroxyl groups is 2. The minimum Gasteiger partial charge on any atom is -0.393 e. The molecule has 2 N–H and O–H groups in total. The molecule has 4 nitrogen and oxygen atoms in total. The molecule has 0 bridgehead atoms. The molecule has 112 valence electrons. The highest BCUT2D eigenvalue weighted by molar-refractivity contribution is 5.97. The number of rotatable bonds is 2. The fraction of sp³-hybridized carbons (Fsp3) is 0.438. The predicted molar refractivity (Wildman–Crippen MR) is 76.1 cm³/mol. The number of hydrogen-bond donors (Lipinski definition) is 2. The number of carbonyl (C=O) groups excluding carboxylic acids is 1. The Morgan fingerprint density at radius 2 is 2.33 bits per heavy atom. The highest BCUT2D eigenvalue weighted by Crippen LogP contribution is 2.22. The summed E-state index contributed by atoms with van der Waals surface area (Å²) in [6.45, 7) is 2.42. The number of hydrogen-bond acceptors (Lipinski definition) is 3. The van der Waals surface area contributed by atoms with Crippen LogP contribution in [0.3, 0.4) is 0 Å². The summed E-state index contributed by atoms with van der Waals surface area (Å²) in [6, 6.07) is 3.83. The Kier molecular flexibility index (Phi) is 4.94. The molecule has 0 aliphatic carbocycles. The zero-order chi connectivity index (χ0) is 15.4. The average Bonchev–Trinajstić information content (AvgIpc) is 2.94. The summed E-state index contributed by atoms with van der Waals surface area (Å²) >= 11 is 0. The molecule has 2 rings (SSSR count). The molecule has 1 fully saturated rings. The van der Waals surface area contributed by atoms with Crippen LogP contribution in [0.2, 0.25) is 0 Å². The van der Waals surface area contributed by atoms with Crippen LogP contribution >= 0.6 is 0 Å². The quantitative estimate of drug-likeness (QED) is 0.800. The Hall–Kier alpha value is -1.90. The molecule has 21 heavy (non-hydrogen) atoms. The van der Waals surface area contributed by atoms with E-state index in [1.165, 1.54) is 18.2 Å². The van der Waals surface area contributed by atoms with Gasteiger partial charge in [0.1, 0.15) is 12.4 Å². The van der Waals surface area contributed by atoms with Gasteiger partial charge in [-0.3, -0.25) is 4.79 Å². The molecule has 1 heterocycles. The van der Waals surface area contributed by atoms with Gasteiger partial charge in [0.05, 0.1) is 11.7 Å². The number of benzene rings is 1. The van der Waals surface area contributed by atoms with E-state index in [9.17, 15) is 14.3 Å². The van der Waals surface area contributed by atoms with Crippen molar-refractivity contribution < 1.29 is 19.4 Å². The number of carbonyl (C=O) groups is 1. The van der Waals surface area contributed by atoms with E-state index in [-0.39, 0.29) is 24.0 Å². The van der Waals surface area contributed by atoms with E-state index in [0.717, 1.165) is 6.42 Å². The lowest BCUT2D eigenvalue weighted by Crippen LogP contribution is -2.31. The van der Waals surface area contributed by atoms with Crippen molar-refractivity contribution >= 4 is 5.91 Å². The lowest BCUT2D eigenvalue weighted by molar-refractivity contribution is 0.0762. The Morgan fingerprint density at radius 1 is 1.57 bits per heavy atom. The van der Waals surface area contributed by atoms with E-state index < -0.39 is 11.9 Å². The van der Waals surface area contributed by atoms with Crippen molar-refractivity contribution in [2.24, 2.45) is 5.92 Å². The minimum absolute atomic E-state index is 0.0707. The number of nitrogens with zero attached hydrogens (tertiary/aromatic N) is 1. The van der Waals surface area contributed by atoms with E-state index in [4.69, 9.17) is 5.11 Å². The minimum atomic E-state index is -0.475. The van der Waals surface area contributed by atoms with Gasteiger partial charge >= 0.3 is 0 Å². The number of amides is 1. The van der Waals surface area contributed by atoms with Crippen LogP contribution in [0.1, 0.15) is 29.3 Å². The normalized spacial score (nSPS) is 19.0. The van der Waals surface area contributed by atoms with Gasteiger partial charge < -0.3 is 15.1 Å². The molecule has 1 saturated heterocycles. The number of aliphatic hydroxyl groups excluding tert-OH is 2. The molecule has 1 amide bonds. The Bertz CT molecular complexity index is 589. The molecule has 1 aliphatic rings. The van der Waals surface area contributed by atoms with Gasteiger partial charge in [0.2, 0.25) is 0 Å². The Labute approximate surface area is 123 Å². The van der Waals surface area contributed by atoms with Crippen molar-refractivity contribution in [2.75, 3.05) is 19.7 Å². The van der Waals surface area contributed by atoms with Gasteiger partial charge in [-0.05, 0) is 31.5 Å². The van der Waals surface area contributed by atoms with E-state index in [0.29, 0.717) is 18.7 Å². The van der Waals surface area contributed by atoms with Gasteiger partial charge in [0, 0.05) is 24.6 Å². The van der Waals surface area contributed by atoms with E-state index >= 15 is 0 Å². The zero-order valence-corrected chi connectivity index (χ0v) is 11.8. The third kappa shape index (κ3) is 3.60. The predicted octanol–water partition coefficient (Wildman–Crippen LogP) is 1.01. The summed E-state index contributed by atoms with van der Waals surface area (Å²) in [5, 5.41) is 18.3. The first kappa shape index (κ1) is 15.5. The van der Waals surface area contributed by atoms with Crippen molar-refractivity contribution in [1.29, 1.82) is 0 Å². The van der Waals surface area contributed by atoms with Crippen molar-refractivity contribution in [1.82, 2.24) is 4.90 Å². The summed E-state index contributed by atoms with van der Waals surface area (Å²) in [7, 11) is 0. The average molecular weight is 291 g/mol. The van der Waals surface area contributed by atoms with Crippen LogP contribution < -0.4 is 0 Å². The summed E-state index contributed by atoms with van der Waals surface area (Å²) in [4.78, 5) is 14.1. The lowest BCUT2D eigenvalue weighted by atomic mass is 10.0. The Morgan fingerprint density at radius 3 is 2.95 bits per heavy atom. The third-order valence-electron chi connectivity index (χ3n) is 3.71. The van der Waals surface area contributed by atoms with Crippen LogP contribution in [0.4, 0.5) is 4.39 Å². The summed E-state index contributed by atoms with van der Waals surface area (Å²) < 4.78 is 13.3. The first-order valence-corrected chi connectivity index (χ1v) is 6.89. The largest absolute Gasteiger partial charge is 0.393 e. The maximum absolute atomic E-state index is 13.3. The number of halogens is 1. The van der Waals surface area contributed by atoms with E-state index in [1.54, 1.807) is 11.8 Å². The van der Waals surface area contributed by atoms with Gasteiger partial charge in [-0.15, -0.1) is 0 Å². The SMILES string of the molecule is CC(O)C1CCN(C(=O)c2ccc(F)cc2C#CCO)C1. The number of likely N-dealkylation sites (tertiary alicyclic amines) is 1. The van der Waals surface area contributed by atoms with E-state index in [2.05, 4.69) is 11.8 Å². The van der Waals surface area contributed by atoms with Crippen LogP contribution in [0.5, 0.6) is 0 Å². The molecule has 1 aromatic rings. The Balaban J connectivity index is 2.23. The maximum atomic E-state index is 13.3. The van der Waals surface area contributed by atoms with Crippen molar-refractivity contribution in [3.05, 3.63) is 35.1 Å². The van der Waals surface area contributed by atoms with Gasteiger partial charge in [0.25, 0.3) is 5.91 Å². The summed E-state index contributed by atoms with van der Waals surface area (Å²) in [5.41, 5.74) is 0.595. The second-order valence-corrected chi connectivity index (χ2v) is 5.19. The first-order valence-electron chi connectivity index (χ1n) is 6.89. The van der Waals surface area contributed by atoms with Crippen LogP contribution in [0.15, 0.2) is 18.2 Å². The molecule has 0 aromatic heterocycles. The van der Waals surface area contributed by atoms with Crippen LogP contribution in [0, 0.1) is 23.6 Å². The molecular weight excluding hydrogens is 273 g/mol. The topological polar surface area (TPSA) is 60.8 Å². The highest BCUT2D eigenvalue weighted by Gasteiger charge is 2.30.